The summed E-state index contributed by atoms with van der Waals surface area (Å²) >= 11 is -2.65. The Morgan fingerprint density at radius 2 is 1.63 bits per heavy atom. The molecule has 0 saturated carbocycles. The van der Waals surface area contributed by atoms with Gasteiger partial charge in [-0.15, -0.1) is 0 Å². The Kier molecular flexibility index (Phi) is 8.76. The number of alkyl halides is 3. The van der Waals surface area contributed by atoms with Crippen molar-refractivity contribution in [1.82, 2.24) is 0 Å². The van der Waals surface area contributed by atoms with Gasteiger partial charge in [-0.2, -0.15) is 0 Å². The molecule has 0 aromatic heterocycles. The van der Waals surface area contributed by atoms with E-state index in [1.165, 1.54) is 7.11 Å². The van der Waals surface area contributed by atoms with E-state index in [1.54, 1.807) is 0 Å². The summed E-state index contributed by atoms with van der Waals surface area (Å²) in [7, 11) is -4.12. The van der Waals surface area contributed by atoms with E-state index in [9.17, 15) is 21.6 Å². The molecule has 2 atom stereocenters. The van der Waals surface area contributed by atoms with Crippen LogP contribution in [0.3, 0.4) is 0 Å². The first-order valence-electron chi connectivity index (χ1n) is 8.88. The van der Waals surface area contributed by atoms with E-state index in [4.69, 9.17) is 7.64 Å². The van der Waals surface area contributed by atoms with Crippen molar-refractivity contribution < 1.29 is 46.4 Å². The molecule has 0 aliphatic heterocycles. The van der Waals surface area contributed by atoms with Crippen LogP contribution in [0.25, 0.3) is 0 Å². The van der Waals surface area contributed by atoms with Gasteiger partial charge in [-0.25, -0.2) is 0 Å². The quantitative estimate of drug-likeness (QED) is 0.290. The molecule has 0 spiro atoms. The van der Waals surface area contributed by atoms with Crippen molar-refractivity contribution in [1.29, 1.82) is 0 Å². The molecule has 2 aliphatic carbocycles. The maximum absolute atomic E-state index is 13.0. The number of allylic oxidation sites excluding steroid dienone is 6. The van der Waals surface area contributed by atoms with E-state index in [1.807, 2.05) is 30.4 Å². The molecule has 0 saturated heterocycles. The Hall–Kier alpha value is -0.458. The summed E-state index contributed by atoms with van der Waals surface area (Å²) in [6.45, 7) is 0. The molecule has 4 nitrogen and oxygen atoms in total. The number of hydrogen-bond donors (Lipinski definition) is 0. The molecule has 0 heterocycles. The van der Waals surface area contributed by atoms with Gasteiger partial charge in [0.1, 0.15) is 0 Å². The van der Waals surface area contributed by atoms with Gasteiger partial charge in [0, 0.05) is 0 Å². The fourth-order valence-corrected chi connectivity index (χ4v) is 9.41. The molecular weight excluding hydrogens is 476 g/mol. The Morgan fingerprint density at radius 1 is 1.00 bits per heavy atom. The summed E-state index contributed by atoms with van der Waals surface area (Å²) in [6, 6.07) is 0. The number of hydrogen-bond acceptors (Lipinski definition) is 4. The molecule has 159 valence electrons. The monoisotopic (exact) mass is 501 g/mol. The Labute approximate surface area is 165 Å². The van der Waals surface area contributed by atoms with Gasteiger partial charge in [0.05, 0.1) is 0 Å². The van der Waals surface area contributed by atoms with Crippen LogP contribution in [0.2, 0.25) is 4.39 Å². The van der Waals surface area contributed by atoms with E-state index in [-0.39, 0.29) is 10.5 Å². The first-order valence-corrected chi connectivity index (χ1v) is 12.6. The minimum atomic E-state index is -5.65. The van der Waals surface area contributed by atoms with Crippen LogP contribution in [-0.4, -0.2) is 27.1 Å². The fraction of sp³-hybridized carbons (Fsp3) is 0.667. The minimum absolute atomic E-state index is 0.318. The standard InChI is InChI=1S/C9H15O.C8H11.CHF3O3S.Pd/c1-10-9-7-5-3-2-4-6-8-9;1-2-4-6-8-7-5-3-1;2-1(3,4)8(5,6)7;/h2-3,8-9H,4-7H2,1H3;1-2,7H,3-6H2;(H,5,6,7);/q;;;+1/p-1. The van der Waals surface area contributed by atoms with E-state index in [2.05, 4.69) is 0 Å². The fourth-order valence-electron chi connectivity index (χ4n) is 2.89. The predicted octanol–water partition coefficient (Wildman–Crippen LogP) is 5.33. The molecule has 2 rings (SSSR count). The molecule has 0 N–H and O–H groups in total. The van der Waals surface area contributed by atoms with E-state index in [0.29, 0.717) is 38.5 Å². The van der Waals surface area contributed by atoms with E-state index >= 15 is 0 Å². The number of methoxy groups -OCH3 is 1. The van der Waals surface area contributed by atoms with Gasteiger partial charge in [-0.3, -0.25) is 0 Å². The van der Waals surface area contributed by atoms with Crippen molar-refractivity contribution in [3.8, 4) is 0 Å². The molecular formula is C18H26F3O4PdS. The Morgan fingerprint density at radius 3 is 2.30 bits per heavy atom. The Balaban J connectivity index is 2.39. The summed E-state index contributed by atoms with van der Waals surface area (Å²) in [6.07, 6.45) is 14.9. The topological polar surface area (TPSA) is 52.6 Å². The van der Waals surface area contributed by atoms with Gasteiger partial charge in [0.2, 0.25) is 0 Å². The zero-order valence-corrected chi connectivity index (χ0v) is 17.6. The van der Waals surface area contributed by atoms with Gasteiger partial charge in [-0.1, -0.05) is 0 Å². The third-order valence-electron chi connectivity index (χ3n) is 4.27. The van der Waals surface area contributed by atoms with E-state index in [0.717, 1.165) is 16.9 Å². The molecule has 0 bridgehead atoms. The van der Waals surface area contributed by atoms with Crippen LogP contribution in [0.1, 0.15) is 51.4 Å². The van der Waals surface area contributed by atoms with Gasteiger partial charge >= 0.3 is 165 Å². The SMILES string of the molecule is COC1CCC=CCC[CH]1[Pd]([O]S(=O)(=O)C(F)(F)F)[C]1=CCCC=CCC1. The summed E-state index contributed by atoms with van der Waals surface area (Å²) in [5, 5.41) is 0. The summed E-state index contributed by atoms with van der Waals surface area (Å²) in [5.41, 5.74) is -5.42. The van der Waals surface area contributed by atoms with Crippen LogP contribution in [-0.2, 0) is 34.9 Å². The number of rotatable bonds is 5. The van der Waals surface area contributed by atoms with Crippen LogP contribution >= 0.6 is 0 Å². The molecule has 2 unspecified atom stereocenters. The first-order chi connectivity index (χ1) is 12.8. The van der Waals surface area contributed by atoms with Crippen molar-refractivity contribution in [2.75, 3.05) is 7.11 Å². The molecule has 27 heavy (non-hydrogen) atoms. The third kappa shape index (κ3) is 6.54. The predicted molar refractivity (Wildman–Crippen MR) is 93.9 cm³/mol. The molecule has 0 radical (unpaired) electrons. The number of halogens is 3. The van der Waals surface area contributed by atoms with E-state index < -0.39 is 32.8 Å². The number of ether oxygens (including phenoxy) is 1. The van der Waals surface area contributed by atoms with Crippen LogP contribution in [0.15, 0.2) is 34.4 Å². The second-order valence-corrected chi connectivity index (χ2v) is 11.8. The average molecular weight is 502 g/mol. The zero-order chi connectivity index (χ0) is 19.9. The van der Waals surface area contributed by atoms with Crippen molar-refractivity contribution in [3.63, 3.8) is 0 Å². The van der Waals surface area contributed by atoms with Crippen molar-refractivity contribution >= 4 is 10.1 Å². The summed E-state index contributed by atoms with van der Waals surface area (Å²) < 4.78 is 73.7. The third-order valence-corrected chi connectivity index (χ3v) is 10.7. The summed E-state index contributed by atoms with van der Waals surface area (Å²) in [5.74, 6) is 0. The molecule has 0 aromatic rings. The maximum atomic E-state index is 13.0. The normalized spacial score (nSPS) is 25.8. The van der Waals surface area contributed by atoms with Gasteiger partial charge in [0.25, 0.3) is 0 Å². The summed E-state index contributed by atoms with van der Waals surface area (Å²) in [4.78, 5) is 0. The molecule has 0 amide bonds. The molecule has 2 aliphatic rings. The molecule has 0 fully saturated rings. The van der Waals surface area contributed by atoms with Crippen molar-refractivity contribution in [3.05, 3.63) is 34.4 Å². The molecule has 0 aromatic carbocycles. The average Bonchev–Trinajstić information content (AvgIpc) is 2.52. The Bertz CT molecular complexity index is 671. The van der Waals surface area contributed by atoms with Gasteiger partial charge < -0.3 is 0 Å². The van der Waals surface area contributed by atoms with Gasteiger partial charge in [0.15, 0.2) is 0 Å². The first kappa shape index (κ1) is 22.8. The molecule has 9 heteroatoms. The van der Waals surface area contributed by atoms with Crippen LogP contribution < -0.4 is 0 Å². The van der Waals surface area contributed by atoms with Crippen LogP contribution in [0.5, 0.6) is 0 Å². The van der Waals surface area contributed by atoms with Gasteiger partial charge in [-0.05, 0) is 0 Å². The van der Waals surface area contributed by atoms with Crippen molar-refractivity contribution in [2.45, 2.75) is 67.4 Å². The van der Waals surface area contributed by atoms with Crippen LogP contribution in [0.4, 0.5) is 13.2 Å². The second kappa shape index (κ2) is 10.4. The second-order valence-electron chi connectivity index (χ2n) is 6.25. The van der Waals surface area contributed by atoms with Crippen LogP contribution in [0, 0.1) is 0 Å². The van der Waals surface area contributed by atoms with Crippen molar-refractivity contribution in [2.24, 2.45) is 0 Å². The zero-order valence-electron chi connectivity index (χ0n) is 15.2.